The van der Waals surface area contributed by atoms with Gasteiger partial charge in [-0.05, 0) is 73.4 Å². The number of hydrogen-bond acceptors (Lipinski definition) is 5. The van der Waals surface area contributed by atoms with E-state index in [1.165, 1.54) is 0 Å². The van der Waals surface area contributed by atoms with E-state index in [4.69, 9.17) is 23.2 Å². The van der Waals surface area contributed by atoms with Crippen LogP contribution in [0.25, 0.3) is 28.2 Å². The fourth-order valence-corrected chi connectivity index (χ4v) is 5.58. The minimum atomic E-state index is -3.51. The minimum Gasteiger partial charge on any atom is -0.392 e. The summed E-state index contributed by atoms with van der Waals surface area (Å²) in [6.45, 7) is 4.88. The van der Waals surface area contributed by atoms with Crippen LogP contribution < -0.4 is 0 Å². The zero-order chi connectivity index (χ0) is 26.4. The molecule has 0 saturated heterocycles. The number of nitrogens with zero attached hydrogens (tertiary/aromatic N) is 2. The summed E-state index contributed by atoms with van der Waals surface area (Å²) < 4.78 is 26.3. The smallest absolute Gasteiger partial charge is 0.175 e. The molecule has 0 fully saturated rings. The van der Waals surface area contributed by atoms with E-state index in [1.807, 2.05) is 29.7 Å². The number of aliphatic hydroxyl groups excluding tert-OH is 1. The van der Waals surface area contributed by atoms with Crippen LogP contribution >= 0.6 is 23.2 Å². The Bertz CT molecular complexity index is 1550. The first-order chi connectivity index (χ1) is 16.8. The zero-order valence-electron chi connectivity index (χ0n) is 20.3. The third-order valence-electron chi connectivity index (χ3n) is 5.95. The van der Waals surface area contributed by atoms with Crippen molar-refractivity contribution in [2.75, 3.05) is 6.26 Å². The molecule has 2 N–H and O–H groups in total. The van der Waals surface area contributed by atoms with Gasteiger partial charge in [-0.3, -0.25) is 4.57 Å². The van der Waals surface area contributed by atoms with Crippen LogP contribution in [0.3, 0.4) is 0 Å². The Balaban J connectivity index is 1.88. The highest BCUT2D eigenvalue weighted by atomic mass is 35.5. The molecule has 0 amide bonds. The van der Waals surface area contributed by atoms with E-state index in [-0.39, 0.29) is 11.5 Å². The molecule has 6 nitrogen and oxygen atoms in total. The Hall–Kier alpha value is -2.68. The molecular formula is C27H26Cl2N2O4S. The standard InChI is InChI=1S/C27H26Cl2N2O4S/c1-16-12-17(18-8-9-19(15-32)23(13-18)36(4,34)35)10-11-22(16)31-14-24(27(2,3)33)30-26(31)25-20(28)6-5-7-21(25)29/h5-14,32-33H,15H2,1-4H3. The SMILES string of the molecule is Cc1cc(-c2ccc(CO)c(S(C)(=O)=O)c2)ccc1-n1cc(C(C)(C)O)nc1-c1c(Cl)cccc1Cl. The predicted molar refractivity (Wildman–Crippen MR) is 143 cm³/mol. The van der Waals surface area contributed by atoms with Crippen LogP contribution in [0.4, 0.5) is 0 Å². The first-order valence-corrected chi connectivity index (χ1v) is 13.8. The van der Waals surface area contributed by atoms with Gasteiger partial charge in [-0.15, -0.1) is 0 Å². The molecule has 4 rings (SSSR count). The van der Waals surface area contributed by atoms with Crippen molar-refractivity contribution in [2.24, 2.45) is 0 Å². The molecule has 0 bridgehead atoms. The van der Waals surface area contributed by atoms with Gasteiger partial charge in [-0.25, -0.2) is 13.4 Å². The van der Waals surface area contributed by atoms with Gasteiger partial charge in [0, 0.05) is 12.5 Å². The zero-order valence-corrected chi connectivity index (χ0v) is 22.6. The summed E-state index contributed by atoms with van der Waals surface area (Å²) in [5, 5.41) is 21.1. The molecule has 0 atom stereocenters. The van der Waals surface area contributed by atoms with E-state index in [0.717, 1.165) is 23.1 Å². The minimum absolute atomic E-state index is 0.101. The van der Waals surface area contributed by atoms with Crippen LogP contribution in [-0.2, 0) is 22.0 Å². The topological polar surface area (TPSA) is 92.4 Å². The van der Waals surface area contributed by atoms with Crippen LogP contribution in [0.1, 0.15) is 30.7 Å². The van der Waals surface area contributed by atoms with E-state index in [0.29, 0.717) is 38.3 Å². The predicted octanol–water partition coefficient (Wildman–Crippen LogP) is 5.94. The molecule has 0 aliphatic rings. The molecule has 188 valence electrons. The number of imidazole rings is 1. The molecule has 9 heteroatoms. The van der Waals surface area contributed by atoms with Crippen molar-refractivity contribution in [3.63, 3.8) is 0 Å². The Labute approximate surface area is 220 Å². The summed E-state index contributed by atoms with van der Waals surface area (Å²) in [6.07, 6.45) is 2.88. The van der Waals surface area contributed by atoms with Gasteiger partial charge in [0.2, 0.25) is 0 Å². The van der Waals surface area contributed by atoms with Crippen LogP contribution in [-0.4, -0.2) is 34.4 Å². The van der Waals surface area contributed by atoms with Gasteiger partial charge in [0.05, 0.1) is 38.5 Å². The molecule has 36 heavy (non-hydrogen) atoms. The molecule has 0 spiro atoms. The van der Waals surface area contributed by atoms with Crippen molar-refractivity contribution in [3.05, 3.63) is 87.7 Å². The van der Waals surface area contributed by atoms with Crippen LogP contribution in [0.15, 0.2) is 65.7 Å². The quantitative estimate of drug-likeness (QED) is 0.313. The highest BCUT2D eigenvalue weighted by Crippen LogP contribution is 2.38. The lowest BCUT2D eigenvalue weighted by molar-refractivity contribution is 0.0743. The number of sulfone groups is 1. The van der Waals surface area contributed by atoms with Gasteiger partial charge < -0.3 is 10.2 Å². The van der Waals surface area contributed by atoms with Gasteiger partial charge in [-0.2, -0.15) is 0 Å². The molecule has 0 aliphatic heterocycles. The third-order valence-corrected chi connectivity index (χ3v) is 7.75. The van der Waals surface area contributed by atoms with Crippen LogP contribution in [0.5, 0.6) is 0 Å². The summed E-state index contributed by atoms with van der Waals surface area (Å²) in [5.74, 6) is 0.491. The average Bonchev–Trinajstić information content (AvgIpc) is 3.23. The highest BCUT2D eigenvalue weighted by molar-refractivity contribution is 7.90. The van der Waals surface area contributed by atoms with E-state index in [9.17, 15) is 18.6 Å². The van der Waals surface area contributed by atoms with E-state index in [2.05, 4.69) is 4.98 Å². The maximum atomic E-state index is 12.2. The highest BCUT2D eigenvalue weighted by Gasteiger charge is 2.25. The first-order valence-electron chi connectivity index (χ1n) is 11.1. The number of benzene rings is 3. The monoisotopic (exact) mass is 544 g/mol. The number of aliphatic hydroxyl groups is 2. The molecule has 1 heterocycles. The number of aromatic nitrogens is 2. The summed E-state index contributed by atoms with van der Waals surface area (Å²) >= 11 is 13.0. The third kappa shape index (κ3) is 5.08. The normalized spacial score (nSPS) is 12.2. The lowest BCUT2D eigenvalue weighted by Crippen LogP contribution is -2.15. The second-order valence-electron chi connectivity index (χ2n) is 9.23. The summed E-state index contributed by atoms with van der Waals surface area (Å²) in [5.41, 5.74) is 3.36. The summed E-state index contributed by atoms with van der Waals surface area (Å²) in [4.78, 5) is 4.78. The number of halogens is 2. The Kier molecular flexibility index (Phi) is 7.07. The maximum absolute atomic E-state index is 12.2. The second-order valence-corrected chi connectivity index (χ2v) is 12.0. The van der Waals surface area contributed by atoms with Crippen molar-refractivity contribution in [3.8, 4) is 28.2 Å². The van der Waals surface area contributed by atoms with Crippen molar-refractivity contribution in [2.45, 2.75) is 37.9 Å². The Morgan fingerprint density at radius 3 is 2.17 bits per heavy atom. The van der Waals surface area contributed by atoms with Crippen LogP contribution in [0.2, 0.25) is 10.0 Å². The van der Waals surface area contributed by atoms with Gasteiger partial charge in [0.25, 0.3) is 0 Å². The fourth-order valence-electron chi connectivity index (χ4n) is 4.06. The van der Waals surface area contributed by atoms with Crippen LogP contribution in [0, 0.1) is 6.92 Å². The molecule has 3 aromatic carbocycles. The molecule has 0 radical (unpaired) electrons. The second kappa shape index (κ2) is 9.65. The largest absolute Gasteiger partial charge is 0.392 e. The molecular weight excluding hydrogens is 519 g/mol. The van der Waals surface area contributed by atoms with Gasteiger partial charge >= 0.3 is 0 Å². The lowest BCUT2D eigenvalue weighted by atomic mass is 10.0. The number of aryl methyl sites for hydroxylation is 1. The van der Waals surface area contributed by atoms with Crippen molar-refractivity contribution < 1.29 is 18.6 Å². The fraction of sp³-hybridized carbons (Fsp3) is 0.222. The first kappa shape index (κ1) is 26.4. The van der Waals surface area contributed by atoms with Gasteiger partial charge in [-0.1, -0.05) is 47.5 Å². The molecule has 4 aromatic rings. The van der Waals surface area contributed by atoms with Crippen molar-refractivity contribution in [1.29, 1.82) is 0 Å². The van der Waals surface area contributed by atoms with E-state index >= 15 is 0 Å². The van der Waals surface area contributed by atoms with E-state index in [1.54, 1.807) is 56.4 Å². The van der Waals surface area contributed by atoms with Crippen molar-refractivity contribution in [1.82, 2.24) is 9.55 Å². The Morgan fingerprint density at radius 2 is 1.61 bits per heavy atom. The molecule has 1 aromatic heterocycles. The van der Waals surface area contributed by atoms with Gasteiger partial charge in [0.15, 0.2) is 9.84 Å². The number of rotatable bonds is 6. The molecule has 0 unspecified atom stereocenters. The lowest BCUT2D eigenvalue weighted by Gasteiger charge is -2.15. The van der Waals surface area contributed by atoms with Crippen molar-refractivity contribution >= 4 is 33.0 Å². The van der Waals surface area contributed by atoms with E-state index < -0.39 is 15.4 Å². The average molecular weight is 545 g/mol. The number of hydrogen-bond donors (Lipinski definition) is 2. The molecule has 0 aliphatic carbocycles. The summed E-state index contributed by atoms with van der Waals surface area (Å²) in [6, 6.07) is 15.9. The summed E-state index contributed by atoms with van der Waals surface area (Å²) in [7, 11) is -3.51. The Morgan fingerprint density at radius 1 is 1.00 bits per heavy atom. The van der Waals surface area contributed by atoms with Gasteiger partial charge in [0.1, 0.15) is 11.4 Å². The maximum Gasteiger partial charge on any atom is 0.175 e. The molecule has 0 saturated carbocycles.